The van der Waals surface area contributed by atoms with Crippen LogP contribution in [0.3, 0.4) is 0 Å². The van der Waals surface area contributed by atoms with E-state index < -0.39 is 0 Å². The third-order valence-corrected chi connectivity index (χ3v) is 6.19. The summed E-state index contributed by atoms with van der Waals surface area (Å²) in [6.07, 6.45) is 0. The van der Waals surface area contributed by atoms with E-state index in [4.69, 9.17) is 4.98 Å². The summed E-state index contributed by atoms with van der Waals surface area (Å²) in [5, 5.41) is 0. The SMILES string of the molecule is CC1(C)c2ccccc2-c2ccc(-c3cc(-c4ccccc4)cc(Br)n3)cc21. The lowest BCUT2D eigenvalue weighted by molar-refractivity contribution is 0.660. The first-order valence-electron chi connectivity index (χ1n) is 9.52. The highest BCUT2D eigenvalue weighted by Crippen LogP contribution is 2.49. The molecule has 1 heterocycles. The fraction of sp³-hybridized carbons (Fsp3) is 0.115. The smallest absolute Gasteiger partial charge is 0.107 e. The molecular formula is C26H20BrN. The lowest BCUT2D eigenvalue weighted by Gasteiger charge is -2.22. The second-order valence-corrected chi connectivity index (χ2v) is 8.67. The molecule has 2 heteroatoms. The number of aromatic nitrogens is 1. The van der Waals surface area contributed by atoms with Crippen molar-refractivity contribution in [2.24, 2.45) is 0 Å². The second-order valence-electron chi connectivity index (χ2n) is 7.86. The van der Waals surface area contributed by atoms with E-state index in [9.17, 15) is 0 Å². The highest BCUT2D eigenvalue weighted by atomic mass is 79.9. The number of fused-ring (bicyclic) bond motifs is 3. The molecule has 136 valence electrons. The molecule has 0 saturated heterocycles. The number of halogens is 1. The third-order valence-electron chi connectivity index (χ3n) is 5.78. The Morgan fingerprint density at radius 2 is 1.36 bits per heavy atom. The van der Waals surface area contributed by atoms with Gasteiger partial charge in [0.05, 0.1) is 5.69 Å². The van der Waals surface area contributed by atoms with Gasteiger partial charge in [0.1, 0.15) is 4.60 Å². The topological polar surface area (TPSA) is 12.9 Å². The van der Waals surface area contributed by atoms with Crippen LogP contribution in [0, 0.1) is 0 Å². The van der Waals surface area contributed by atoms with E-state index in [1.807, 2.05) is 6.07 Å². The molecule has 1 nitrogen and oxygen atoms in total. The van der Waals surface area contributed by atoms with Gasteiger partial charge in [-0.3, -0.25) is 0 Å². The van der Waals surface area contributed by atoms with E-state index >= 15 is 0 Å². The Morgan fingerprint density at radius 1 is 0.643 bits per heavy atom. The average molecular weight is 426 g/mol. The molecule has 1 aromatic heterocycles. The van der Waals surface area contributed by atoms with Gasteiger partial charge < -0.3 is 0 Å². The zero-order valence-electron chi connectivity index (χ0n) is 15.9. The van der Waals surface area contributed by atoms with Gasteiger partial charge in [-0.2, -0.15) is 0 Å². The lowest BCUT2D eigenvalue weighted by Crippen LogP contribution is -2.14. The van der Waals surface area contributed by atoms with Crippen molar-refractivity contribution in [2.75, 3.05) is 0 Å². The molecule has 1 aliphatic carbocycles. The average Bonchev–Trinajstić information content (AvgIpc) is 2.95. The van der Waals surface area contributed by atoms with Gasteiger partial charge in [0, 0.05) is 11.0 Å². The molecule has 0 fully saturated rings. The van der Waals surface area contributed by atoms with E-state index in [1.165, 1.54) is 33.4 Å². The van der Waals surface area contributed by atoms with Crippen LogP contribution in [-0.4, -0.2) is 4.98 Å². The van der Waals surface area contributed by atoms with Crippen molar-refractivity contribution in [3.63, 3.8) is 0 Å². The largest absolute Gasteiger partial charge is 0.241 e. The molecular weight excluding hydrogens is 406 g/mol. The molecule has 0 unspecified atom stereocenters. The first-order chi connectivity index (χ1) is 13.5. The van der Waals surface area contributed by atoms with Gasteiger partial charge >= 0.3 is 0 Å². The highest BCUT2D eigenvalue weighted by Gasteiger charge is 2.35. The summed E-state index contributed by atoms with van der Waals surface area (Å²) in [6, 6.07) is 30.2. The van der Waals surface area contributed by atoms with Gasteiger partial charge in [-0.1, -0.05) is 80.6 Å². The van der Waals surface area contributed by atoms with Crippen molar-refractivity contribution in [1.82, 2.24) is 4.98 Å². The fourth-order valence-corrected chi connectivity index (χ4v) is 4.74. The predicted octanol–water partition coefficient (Wildman–Crippen LogP) is 7.48. The summed E-state index contributed by atoms with van der Waals surface area (Å²) < 4.78 is 0.854. The number of pyridine rings is 1. The predicted molar refractivity (Wildman–Crippen MR) is 120 cm³/mol. The quantitative estimate of drug-likeness (QED) is 0.303. The lowest BCUT2D eigenvalue weighted by atomic mass is 9.82. The van der Waals surface area contributed by atoms with Crippen LogP contribution < -0.4 is 0 Å². The van der Waals surface area contributed by atoms with Crippen molar-refractivity contribution in [3.8, 4) is 33.5 Å². The number of hydrogen-bond acceptors (Lipinski definition) is 1. The van der Waals surface area contributed by atoms with Crippen LogP contribution in [0.4, 0.5) is 0 Å². The van der Waals surface area contributed by atoms with Crippen LogP contribution in [0.25, 0.3) is 33.5 Å². The van der Waals surface area contributed by atoms with E-state index in [0.717, 1.165) is 15.9 Å². The minimum Gasteiger partial charge on any atom is -0.241 e. The first-order valence-corrected chi connectivity index (χ1v) is 10.3. The first kappa shape index (κ1) is 17.4. The molecule has 0 atom stereocenters. The van der Waals surface area contributed by atoms with Gasteiger partial charge in [-0.25, -0.2) is 4.98 Å². The Balaban J connectivity index is 1.65. The Kier molecular flexibility index (Phi) is 3.99. The summed E-state index contributed by atoms with van der Waals surface area (Å²) in [5.41, 5.74) is 9.95. The van der Waals surface area contributed by atoms with E-state index in [1.54, 1.807) is 0 Å². The molecule has 0 spiro atoms. The molecule has 1 aliphatic rings. The zero-order valence-corrected chi connectivity index (χ0v) is 17.5. The van der Waals surface area contributed by atoms with Crippen LogP contribution >= 0.6 is 15.9 Å². The minimum absolute atomic E-state index is 0.00376. The zero-order chi connectivity index (χ0) is 19.3. The van der Waals surface area contributed by atoms with Gasteiger partial charge in [0.15, 0.2) is 0 Å². The molecule has 0 N–H and O–H groups in total. The monoisotopic (exact) mass is 425 g/mol. The maximum Gasteiger partial charge on any atom is 0.107 e. The minimum atomic E-state index is -0.00376. The fourth-order valence-electron chi connectivity index (χ4n) is 4.31. The molecule has 0 radical (unpaired) electrons. The summed E-state index contributed by atoms with van der Waals surface area (Å²) >= 11 is 3.60. The molecule has 0 saturated carbocycles. The maximum atomic E-state index is 4.77. The van der Waals surface area contributed by atoms with Crippen molar-refractivity contribution in [2.45, 2.75) is 19.3 Å². The number of benzene rings is 3. The molecule has 5 rings (SSSR count). The Hall–Kier alpha value is -2.71. The molecule has 0 amide bonds. The maximum absolute atomic E-state index is 4.77. The Bertz CT molecular complexity index is 1190. The van der Waals surface area contributed by atoms with Gasteiger partial charge in [-0.15, -0.1) is 0 Å². The van der Waals surface area contributed by atoms with E-state index in [0.29, 0.717) is 0 Å². The molecule has 0 aliphatic heterocycles. The van der Waals surface area contributed by atoms with Crippen molar-refractivity contribution in [1.29, 1.82) is 0 Å². The van der Waals surface area contributed by atoms with Gasteiger partial charge in [-0.05, 0) is 67.5 Å². The van der Waals surface area contributed by atoms with Gasteiger partial charge in [0.2, 0.25) is 0 Å². The number of rotatable bonds is 2. The summed E-state index contributed by atoms with van der Waals surface area (Å²) in [5.74, 6) is 0. The molecule has 4 aromatic rings. The van der Waals surface area contributed by atoms with Crippen molar-refractivity contribution >= 4 is 15.9 Å². The van der Waals surface area contributed by atoms with Gasteiger partial charge in [0.25, 0.3) is 0 Å². The molecule has 28 heavy (non-hydrogen) atoms. The van der Waals surface area contributed by atoms with Crippen molar-refractivity contribution in [3.05, 3.63) is 101 Å². The number of hydrogen-bond donors (Lipinski definition) is 0. The third kappa shape index (κ3) is 2.71. The molecule has 0 bridgehead atoms. The standard InChI is InChI=1S/C26H20BrN/c1-26(2)22-11-7-6-10-20(22)21-13-12-18(14-23(21)26)24-15-19(16-25(27)28-24)17-8-4-3-5-9-17/h3-16H,1-2H3. The van der Waals surface area contributed by atoms with Crippen LogP contribution in [-0.2, 0) is 5.41 Å². The highest BCUT2D eigenvalue weighted by molar-refractivity contribution is 9.10. The van der Waals surface area contributed by atoms with Crippen LogP contribution in [0.15, 0.2) is 89.5 Å². The van der Waals surface area contributed by atoms with E-state index in [2.05, 4.69) is 109 Å². The molecule has 3 aromatic carbocycles. The Labute approximate surface area is 174 Å². The van der Waals surface area contributed by atoms with Crippen LogP contribution in [0.2, 0.25) is 0 Å². The van der Waals surface area contributed by atoms with Crippen molar-refractivity contribution < 1.29 is 0 Å². The Morgan fingerprint density at radius 3 is 2.18 bits per heavy atom. The summed E-state index contributed by atoms with van der Waals surface area (Å²) in [6.45, 7) is 4.62. The van der Waals surface area contributed by atoms with E-state index in [-0.39, 0.29) is 5.41 Å². The summed E-state index contributed by atoms with van der Waals surface area (Å²) in [7, 11) is 0. The summed E-state index contributed by atoms with van der Waals surface area (Å²) in [4.78, 5) is 4.77. The normalized spacial score (nSPS) is 13.8. The van der Waals surface area contributed by atoms with Crippen LogP contribution in [0.1, 0.15) is 25.0 Å². The second kappa shape index (κ2) is 6.42. The number of nitrogens with zero attached hydrogens (tertiary/aromatic N) is 1. The van der Waals surface area contributed by atoms with Crippen LogP contribution in [0.5, 0.6) is 0 Å².